The van der Waals surface area contributed by atoms with Gasteiger partial charge in [-0.3, -0.25) is 0 Å². The van der Waals surface area contributed by atoms with Crippen LogP contribution in [0.3, 0.4) is 0 Å². The summed E-state index contributed by atoms with van der Waals surface area (Å²) >= 11 is 0. The smallest absolute Gasteiger partial charge is 0.213 e. The summed E-state index contributed by atoms with van der Waals surface area (Å²) in [6.45, 7) is 0.248. The summed E-state index contributed by atoms with van der Waals surface area (Å²) < 4.78 is 4.73. The standard InChI is InChI=1S/C27H21BN2/c1-29-14-13-17-8-5-11-21-22-12-6-9-18-15-23-20-10-4-3-7-19(20)16-30(2)26(23)28(25(18)22)27(29)24(17)21/h3-14,16H,15H2,1-2H3/q+2. The summed E-state index contributed by atoms with van der Waals surface area (Å²) in [6.07, 6.45) is 5.53. The van der Waals surface area contributed by atoms with E-state index in [0.29, 0.717) is 0 Å². The van der Waals surface area contributed by atoms with Crippen molar-refractivity contribution < 1.29 is 9.13 Å². The molecule has 5 aromatic rings. The van der Waals surface area contributed by atoms with Gasteiger partial charge in [0.05, 0.1) is 0 Å². The van der Waals surface area contributed by atoms with E-state index in [-0.39, 0.29) is 6.71 Å². The first-order chi connectivity index (χ1) is 14.7. The van der Waals surface area contributed by atoms with Crippen LogP contribution < -0.4 is 25.8 Å². The molecule has 0 amide bonds. The topological polar surface area (TPSA) is 7.76 Å². The molecular weight excluding hydrogens is 363 g/mol. The molecule has 0 unspecified atom stereocenters. The van der Waals surface area contributed by atoms with E-state index in [9.17, 15) is 0 Å². The Morgan fingerprint density at radius 1 is 0.733 bits per heavy atom. The van der Waals surface area contributed by atoms with E-state index in [1.54, 1.807) is 0 Å². The van der Waals surface area contributed by atoms with Crippen molar-refractivity contribution in [2.24, 2.45) is 14.1 Å². The van der Waals surface area contributed by atoms with Crippen LogP contribution in [0.2, 0.25) is 0 Å². The summed E-state index contributed by atoms with van der Waals surface area (Å²) in [7, 11) is 4.42. The molecule has 3 aromatic carbocycles. The predicted octanol–water partition coefficient (Wildman–Crippen LogP) is 2.04. The maximum absolute atomic E-state index is 2.38. The van der Waals surface area contributed by atoms with Crippen LogP contribution in [0, 0.1) is 0 Å². The van der Waals surface area contributed by atoms with Gasteiger partial charge in [0.15, 0.2) is 23.6 Å². The molecule has 0 fully saturated rings. The first-order valence-corrected chi connectivity index (χ1v) is 10.7. The van der Waals surface area contributed by atoms with Crippen molar-refractivity contribution in [2.45, 2.75) is 6.42 Å². The van der Waals surface area contributed by atoms with E-state index in [1.165, 1.54) is 60.4 Å². The molecule has 0 saturated carbocycles. The van der Waals surface area contributed by atoms with Crippen molar-refractivity contribution in [3.63, 3.8) is 0 Å². The van der Waals surface area contributed by atoms with E-state index in [2.05, 4.69) is 102 Å². The fourth-order valence-electron chi connectivity index (χ4n) is 6.03. The number of benzene rings is 3. The molecule has 140 valence electrons. The molecule has 0 saturated heterocycles. The highest BCUT2D eigenvalue weighted by molar-refractivity contribution is 6.97. The molecule has 2 aliphatic heterocycles. The molecule has 3 heteroatoms. The van der Waals surface area contributed by atoms with Gasteiger partial charge in [0.2, 0.25) is 0 Å². The monoisotopic (exact) mass is 384 g/mol. The maximum Gasteiger partial charge on any atom is 0.407 e. The Labute approximate surface area is 176 Å². The van der Waals surface area contributed by atoms with Crippen LogP contribution in [0.15, 0.2) is 79.1 Å². The number of pyridine rings is 2. The largest absolute Gasteiger partial charge is 0.407 e. The van der Waals surface area contributed by atoms with E-state index < -0.39 is 0 Å². The third-order valence-electron chi connectivity index (χ3n) is 7.21. The Balaban J connectivity index is 1.72. The molecule has 2 nitrogen and oxygen atoms in total. The van der Waals surface area contributed by atoms with Crippen LogP contribution in [0.4, 0.5) is 0 Å². The molecule has 0 bridgehead atoms. The minimum absolute atomic E-state index is 0.248. The number of rotatable bonds is 0. The van der Waals surface area contributed by atoms with Crippen molar-refractivity contribution in [2.75, 3.05) is 0 Å². The van der Waals surface area contributed by atoms with Gasteiger partial charge in [0.1, 0.15) is 14.1 Å². The summed E-state index contributed by atoms with van der Waals surface area (Å²) in [6, 6.07) is 24.7. The average Bonchev–Trinajstić information content (AvgIpc) is 2.77. The Morgan fingerprint density at radius 2 is 1.53 bits per heavy atom. The summed E-state index contributed by atoms with van der Waals surface area (Å²) in [5.41, 5.74) is 10.1. The fourth-order valence-corrected chi connectivity index (χ4v) is 6.03. The van der Waals surface area contributed by atoms with Gasteiger partial charge in [-0.05, 0) is 39.0 Å². The molecule has 0 spiro atoms. The second-order valence-corrected chi connectivity index (χ2v) is 8.76. The predicted molar refractivity (Wildman–Crippen MR) is 123 cm³/mol. The van der Waals surface area contributed by atoms with E-state index in [0.717, 1.165) is 6.42 Å². The van der Waals surface area contributed by atoms with Crippen LogP contribution in [0.1, 0.15) is 11.1 Å². The number of hydrogen-bond donors (Lipinski definition) is 0. The van der Waals surface area contributed by atoms with E-state index in [1.807, 2.05) is 0 Å². The second kappa shape index (κ2) is 5.57. The SMILES string of the molecule is C[n+]1cc2ccccc2c2c1B1c3c(cccc3-c3cccc4cc[n+](C)c1c34)C2. The molecule has 2 aromatic heterocycles. The number of aromatic nitrogens is 2. The first kappa shape index (κ1) is 16.4. The van der Waals surface area contributed by atoms with Gasteiger partial charge in [0, 0.05) is 28.8 Å². The highest BCUT2D eigenvalue weighted by Gasteiger charge is 2.48. The zero-order valence-electron chi connectivity index (χ0n) is 17.2. The van der Waals surface area contributed by atoms with Crippen LogP contribution in [-0.2, 0) is 20.5 Å². The third kappa shape index (κ3) is 1.90. The van der Waals surface area contributed by atoms with Crippen molar-refractivity contribution in [3.05, 3.63) is 90.3 Å². The quantitative estimate of drug-likeness (QED) is 0.279. The molecule has 0 aliphatic carbocycles. The molecule has 30 heavy (non-hydrogen) atoms. The van der Waals surface area contributed by atoms with Gasteiger partial charge < -0.3 is 0 Å². The molecule has 4 heterocycles. The Hall–Kier alpha value is -3.46. The number of hydrogen-bond acceptors (Lipinski definition) is 0. The summed E-state index contributed by atoms with van der Waals surface area (Å²) in [4.78, 5) is 0. The second-order valence-electron chi connectivity index (χ2n) is 8.76. The number of nitrogens with zero attached hydrogens (tertiary/aromatic N) is 2. The fraction of sp³-hybridized carbons (Fsp3) is 0.111. The summed E-state index contributed by atoms with van der Waals surface area (Å²) in [5, 5.41) is 5.43. The molecule has 7 rings (SSSR count). The average molecular weight is 384 g/mol. The van der Waals surface area contributed by atoms with Gasteiger partial charge >= 0.3 is 6.71 Å². The minimum Gasteiger partial charge on any atom is -0.213 e. The van der Waals surface area contributed by atoms with Gasteiger partial charge in [0.25, 0.3) is 0 Å². The number of fused-ring (bicyclic) bond motifs is 6. The Kier molecular flexibility index (Phi) is 3.04. The maximum atomic E-state index is 2.38. The van der Waals surface area contributed by atoms with Gasteiger partial charge in [-0.1, -0.05) is 54.6 Å². The zero-order valence-corrected chi connectivity index (χ0v) is 17.2. The summed E-state index contributed by atoms with van der Waals surface area (Å²) in [5.74, 6) is 0. The Morgan fingerprint density at radius 3 is 2.47 bits per heavy atom. The molecule has 0 atom stereocenters. The van der Waals surface area contributed by atoms with Crippen LogP contribution >= 0.6 is 0 Å². The van der Waals surface area contributed by atoms with Gasteiger partial charge in [-0.2, -0.15) is 0 Å². The lowest BCUT2D eigenvalue weighted by Crippen LogP contribution is -2.74. The van der Waals surface area contributed by atoms with E-state index >= 15 is 0 Å². The zero-order chi connectivity index (χ0) is 20.0. The lowest BCUT2D eigenvalue weighted by molar-refractivity contribution is -0.657. The molecule has 0 N–H and O–H groups in total. The van der Waals surface area contributed by atoms with Crippen LogP contribution in [0.5, 0.6) is 0 Å². The van der Waals surface area contributed by atoms with Gasteiger partial charge in [-0.25, -0.2) is 9.13 Å². The molecular formula is C27H21BN2+2. The van der Waals surface area contributed by atoms with Crippen molar-refractivity contribution >= 4 is 44.9 Å². The minimum atomic E-state index is 0.248. The normalized spacial score (nSPS) is 13.5. The lowest BCUT2D eigenvalue weighted by Gasteiger charge is -2.30. The van der Waals surface area contributed by atoms with Crippen molar-refractivity contribution in [3.8, 4) is 11.1 Å². The Bertz CT molecular complexity index is 1550. The van der Waals surface area contributed by atoms with Crippen LogP contribution in [0.25, 0.3) is 32.7 Å². The first-order valence-electron chi connectivity index (χ1n) is 10.7. The third-order valence-corrected chi connectivity index (χ3v) is 7.21. The molecule has 2 aliphatic rings. The van der Waals surface area contributed by atoms with Crippen LogP contribution in [-0.4, -0.2) is 6.71 Å². The van der Waals surface area contributed by atoms with Crippen molar-refractivity contribution in [1.82, 2.24) is 0 Å². The molecule has 0 radical (unpaired) electrons. The highest BCUT2D eigenvalue weighted by Crippen LogP contribution is 2.33. The van der Waals surface area contributed by atoms with Gasteiger partial charge in [-0.15, -0.1) is 0 Å². The lowest BCUT2D eigenvalue weighted by atomic mass is 9.33. The van der Waals surface area contributed by atoms with Crippen molar-refractivity contribution in [1.29, 1.82) is 0 Å². The van der Waals surface area contributed by atoms with E-state index in [4.69, 9.17) is 0 Å². The highest BCUT2D eigenvalue weighted by atomic mass is 14.9. The number of aryl methyl sites for hydroxylation is 2.